The van der Waals surface area contributed by atoms with Crippen LogP contribution in [-0.4, -0.2) is 45.2 Å². The molecule has 6 nitrogen and oxygen atoms in total. The highest BCUT2D eigenvalue weighted by Gasteiger charge is 2.43. The van der Waals surface area contributed by atoms with Crippen LogP contribution in [0.3, 0.4) is 0 Å². The van der Waals surface area contributed by atoms with Crippen LogP contribution in [-0.2, 0) is 23.6 Å². The fraction of sp³-hybridized carbons (Fsp3) is 0.593. The van der Waals surface area contributed by atoms with Gasteiger partial charge < -0.3 is 14.5 Å². The number of carbonyl (C=O) groups is 1. The van der Waals surface area contributed by atoms with E-state index in [-0.39, 0.29) is 54.3 Å². The number of hydrogen-bond donors (Lipinski definition) is 0. The van der Waals surface area contributed by atoms with E-state index in [2.05, 4.69) is 25.9 Å². The highest BCUT2D eigenvalue weighted by Crippen LogP contribution is 2.38. The van der Waals surface area contributed by atoms with Crippen molar-refractivity contribution in [1.29, 1.82) is 0 Å². The van der Waals surface area contributed by atoms with Gasteiger partial charge in [-0.2, -0.15) is 26.3 Å². The number of halogens is 7. The van der Waals surface area contributed by atoms with Crippen molar-refractivity contribution < 1.29 is 35.9 Å². The normalized spacial score (nSPS) is 20.2. The first-order valence-corrected chi connectivity index (χ1v) is 13.8. The van der Waals surface area contributed by atoms with Crippen molar-refractivity contribution in [3.05, 3.63) is 51.8 Å². The molecule has 222 valence electrons. The minimum absolute atomic E-state index is 0.00497. The van der Waals surface area contributed by atoms with Gasteiger partial charge in [-0.05, 0) is 78.7 Å². The smallest absolute Gasteiger partial charge is 0.416 e. The van der Waals surface area contributed by atoms with Crippen molar-refractivity contribution in [2.75, 3.05) is 4.90 Å². The molecule has 0 radical (unpaired) electrons. The number of piperidine rings is 1. The summed E-state index contributed by atoms with van der Waals surface area (Å²) in [7, 11) is 0. The standard InChI is InChI=1S/C27H33BrF6N4O2/c1-6-21-10-22(11-23(15(2)3)38(21)25(39)40-16(4)5)37(24-35-12-20(28)13-36-24)14-17-7-18(26(29,30)31)9-19(8-17)27(32,33)34/h7-9,12-13,15-16,21-23H,6,10-11,14H2,1-5H3/t21-,22+,23-/m1/s1. The minimum Gasteiger partial charge on any atom is -0.447 e. The molecule has 1 aliphatic rings. The summed E-state index contributed by atoms with van der Waals surface area (Å²) in [4.78, 5) is 25.1. The Hall–Kier alpha value is -2.57. The Morgan fingerprint density at radius 1 is 1.02 bits per heavy atom. The van der Waals surface area contributed by atoms with Crippen LogP contribution in [0.5, 0.6) is 0 Å². The molecule has 2 heterocycles. The minimum atomic E-state index is -4.97. The molecule has 3 rings (SSSR count). The first-order chi connectivity index (χ1) is 18.5. The summed E-state index contributed by atoms with van der Waals surface area (Å²) < 4.78 is 87.6. The van der Waals surface area contributed by atoms with Crippen LogP contribution >= 0.6 is 15.9 Å². The summed E-state index contributed by atoms with van der Waals surface area (Å²) in [6, 6.07) is 0.624. The number of aromatic nitrogens is 2. The van der Waals surface area contributed by atoms with E-state index in [1.54, 1.807) is 23.6 Å². The lowest BCUT2D eigenvalue weighted by Gasteiger charge is -2.49. The molecule has 0 aliphatic carbocycles. The zero-order valence-electron chi connectivity index (χ0n) is 22.9. The van der Waals surface area contributed by atoms with Crippen LogP contribution in [0.15, 0.2) is 35.1 Å². The van der Waals surface area contributed by atoms with E-state index in [1.807, 2.05) is 20.8 Å². The summed E-state index contributed by atoms with van der Waals surface area (Å²) in [6.45, 7) is 9.05. The Bertz CT molecular complexity index is 1120. The molecule has 2 aromatic rings. The van der Waals surface area contributed by atoms with E-state index in [1.165, 1.54) is 12.4 Å². The number of benzene rings is 1. The van der Waals surface area contributed by atoms with Crippen molar-refractivity contribution in [3.63, 3.8) is 0 Å². The summed E-state index contributed by atoms with van der Waals surface area (Å²) in [5, 5.41) is 0. The highest BCUT2D eigenvalue weighted by molar-refractivity contribution is 9.10. The average molecular weight is 639 g/mol. The third kappa shape index (κ3) is 7.79. The molecule has 0 N–H and O–H groups in total. The van der Waals surface area contributed by atoms with Crippen LogP contribution in [0.1, 0.15) is 70.6 Å². The second-order valence-electron chi connectivity index (χ2n) is 10.6. The van der Waals surface area contributed by atoms with Crippen molar-refractivity contribution in [2.45, 2.75) is 97.0 Å². The fourth-order valence-corrected chi connectivity index (χ4v) is 5.27. The largest absolute Gasteiger partial charge is 0.447 e. The van der Waals surface area contributed by atoms with Crippen molar-refractivity contribution in [3.8, 4) is 0 Å². The zero-order valence-corrected chi connectivity index (χ0v) is 24.4. The van der Waals surface area contributed by atoms with Crippen LogP contribution in [0, 0.1) is 5.92 Å². The molecule has 0 saturated carbocycles. The molecule has 1 aromatic heterocycles. The van der Waals surface area contributed by atoms with Gasteiger partial charge in [0.1, 0.15) is 0 Å². The summed E-state index contributed by atoms with van der Waals surface area (Å²) in [6.07, 6.45) is -6.40. The fourth-order valence-electron chi connectivity index (χ4n) is 5.07. The third-order valence-electron chi connectivity index (χ3n) is 6.90. The maximum absolute atomic E-state index is 13.6. The number of ether oxygens (including phenoxy) is 1. The van der Waals surface area contributed by atoms with Gasteiger partial charge in [-0.3, -0.25) is 0 Å². The van der Waals surface area contributed by atoms with E-state index in [4.69, 9.17) is 4.74 Å². The number of amides is 1. The van der Waals surface area contributed by atoms with Crippen LogP contribution in [0.25, 0.3) is 0 Å². The van der Waals surface area contributed by atoms with Gasteiger partial charge in [0.15, 0.2) is 0 Å². The van der Waals surface area contributed by atoms with Gasteiger partial charge in [0.2, 0.25) is 5.95 Å². The van der Waals surface area contributed by atoms with Gasteiger partial charge in [0, 0.05) is 37.1 Å². The lowest BCUT2D eigenvalue weighted by Crippen LogP contribution is -2.58. The highest BCUT2D eigenvalue weighted by atomic mass is 79.9. The number of carbonyl (C=O) groups excluding carboxylic acids is 1. The molecule has 1 aromatic carbocycles. The number of alkyl halides is 6. The molecule has 1 saturated heterocycles. The van der Waals surface area contributed by atoms with E-state index < -0.39 is 29.6 Å². The molecule has 1 amide bonds. The van der Waals surface area contributed by atoms with Crippen LogP contribution < -0.4 is 4.90 Å². The van der Waals surface area contributed by atoms with Crippen LogP contribution in [0.4, 0.5) is 37.1 Å². The average Bonchev–Trinajstić information content (AvgIpc) is 2.85. The molecular formula is C27H33BrF6N4O2. The van der Waals surface area contributed by atoms with Gasteiger partial charge in [-0.1, -0.05) is 20.8 Å². The van der Waals surface area contributed by atoms with Gasteiger partial charge in [-0.25, -0.2) is 14.8 Å². The Kier molecular flexibility index (Phi) is 10.0. The second kappa shape index (κ2) is 12.5. The Balaban J connectivity index is 2.08. The summed E-state index contributed by atoms with van der Waals surface area (Å²) in [5.41, 5.74) is -2.94. The lowest BCUT2D eigenvalue weighted by atomic mass is 9.84. The number of nitrogens with zero attached hydrogens (tertiary/aromatic N) is 4. The molecule has 0 spiro atoms. The molecule has 3 atom stereocenters. The van der Waals surface area contributed by atoms with Crippen molar-refractivity contribution in [1.82, 2.24) is 14.9 Å². The van der Waals surface area contributed by atoms with Gasteiger partial charge in [0.05, 0.1) is 21.7 Å². The first-order valence-electron chi connectivity index (χ1n) is 13.0. The van der Waals surface area contributed by atoms with Gasteiger partial charge >= 0.3 is 18.4 Å². The monoisotopic (exact) mass is 638 g/mol. The van der Waals surface area contributed by atoms with E-state index in [0.717, 1.165) is 12.1 Å². The maximum Gasteiger partial charge on any atom is 0.416 e. The second-order valence-corrected chi connectivity index (χ2v) is 11.5. The Morgan fingerprint density at radius 2 is 1.57 bits per heavy atom. The van der Waals surface area contributed by atoms with Crippen molar-refractivity contribution in [2.24, 2.45) is 5.92 Å². The number of anilines is 1. The first kappa shape index (κ1) is 32.0. The molecule has 1 fully saturated rings. The Labute approximate surface area is 238 Å². The summed E-state index contributed by atoms with van der Waals surface area (Å²) in [5.74, 6) is 0.157. The molecule has 40 heavy (non-hydrogen) atoms. The Morgan fingerprint density at radius 3 is 2.02 bits per heavy atom. The molecule has 13 heteroatoms. The quantitative estimate of drug-likeness (QED) is 0.287. The number of likely N-dealkylation sites (tertiary alicyclic amines) is 1. The van der Waals surface area contributed by atoms with E-state index in [0.29, 0.717) is 23.7 Å². The SMILES string of the molecule is CC[C@@H]1C[C@H](N(Cc2cc(C(F)(F)F)cc(C(F)(F)F)c2)c2ncc(Br)cn2)C[C@H](C(C)C)N1C(=O)OC(C)C. The molecule has 0 unspecified atom stereocenters. The molecule has 1 aliphatic heterocycles. The summed E-state index contributed by atoms with van der Waals surface area (Å²) >= 11 is 3.26. The van der Waals surface area contributed by atoms with E-state index in [9.17, 15) is 31.1 Å². The maximum atomic E-state index is 13.6. The molecule has 0 bridgehead atoms. The predicted octanol–water partition coefficient (Wildman–Crippen LogP) is 8.10. The lowest BCUT2D eigenvalue weighted by molar-refractivity contribution is -0.143. The number of hydrogen-bond acceptors (Lipinski definition) is 5. The predicted molar refractivity (Wildman–Crippen MR) is 142 cm³/mol. The third-order valence-corrected chi connectivity index (χ3v) is 7.31. The zero-order chi connectivity index (χ0) is 30.0. The van der Waals surface area contributed by atoms with Gasteiger partial charge in [0.25, 0.3) is 0 Å². The number of rotatable bonds is 7. The van der Waals surface area contributed by atoms with Crippen LogP contribution in [0.2, 0.25) is 0 Å². The van der Waals surface area contributed by atoms with Gasteiger partial charge in [-0.15, -0.1) is 0 Å². The molecular weight excluding hydrogens is 606 g/mol. The van der Waals surface area contributed by atoms with Crippen molar-refractivity contribution >= 4 is 28.0 Å². The topological polar surface area (TPSA) is 58.6 Å². The van der Waals surface area contributed by atoms with E-state index >= 15 is 0 Å².